The molecule has 12 heavy (non-hydrogen) atoms. The molecule has 0 aromatic heterocycles. The van der Waals surface area contributed by atoms with Gasteiger partial charge in [-0.2, -0.15) is 5.06 Å². The summed E-state index contributed by atoms with van der Waals surface area (Å²) in [6, 6.07) is 0. The molecule has 0 aliphatic carbocycles. The van der Waals surface area contributed by atoms with E-state index in [0.29, 0.717) is 0 Å². The summed E-state index contributed by atoms with van der Waals surface area (Å²) in [4.78, 5) is 5.50. The molecule has 3 heteroatoms. The van der Waals surface area contributed by atoms with E-state index >= 15 is 0 Å². The molecule has 3 nitrogen and oxygen atoms in total. The van der Waals surface area contributed by atoms with Gasteiger partial charge in [-0.25, -0.2) is 0 Å². The van der Waals surface area contributed by atoms with Gasteiger partial charge >= 0.3 is 0 Å². The Morgan fingerprint density at radius 1 is 1.17 bits per heavy atom. The lowest BCUT2D eigenvalue weighted by Gasteiger charge is -2.14. The van der Waals surface area contributed by atoms with Gasteiger partial charge in [-0.05, 0) is 26.2 Å². The Kier molecular flexibility index (Phi) is 5.32. The van der Waals surface area contributed by atoms with E-state index in [1.807, 2.05) is 6.92 Å². The van der Waals surface area contributed by atoms with E-state index in [4.69, 9.17) is 9.57 Å². The Balaban J connectivity index is 1.81. The summed E-state index contributed by atoms with van der Waals surface area (Å²) in [5, 5.41) is 2.06. The normalized spacial score (nSPS) is 18.8. The first-order valence-corrected chi connectivity index (χ1v) is 4.89. The molecule has 1 rings (SSSR count). The molecule has 0 aromatic rings. The van der Waals surface area contributed by atoms with Gasteiger partial charge in [0.2, 0.25) is 0 Å². The molecule has 0 bridgehead atoms. The molecule has 0 unspecified atom stereocenters. The molecule has 72 valence electrons. The van der Waals surface area contributed by atoms with Crippen LogP contribution in [-0.4, -0.2) is 38.0 Å². The lowest BCUT2D eigenvalue weighted by atomic mass is 10.4. The summed E-state index contributed by atoms with van der Waals surface area (Å²) in [5.74, 6) is 0. The minimum absolute atomic E-state index is 0.806. The van der Waals surface area contributed by atoms with Gasteiger partial charge in [0.25, 0.3) is 0 Å². The van der Waals surface area contributed by atoms with Crippen molar-refractivity contribution >= 4 is 0 Å². The van der Waals surface area contributed by atoms with Crippen LogP contribution in [0.1, 0.15) is 26.2 Å². The van der Waals surface area contributed by atoms with Gasteiger partial charge in [-0.15, -0.1) is 0 Å². The quantitative estimate of drug-likeness (QED) is 0.567. The minimum atomic E-state index is 0.806. The molecule has 0 saturated carbocycles. The number of hydrogen-bond donors (Lipinski definition) is 0. The molecule has 1 heterocycles. The molecule has 1 aliphatic heterocycles. The lowest BCUT2D eigenvalue weighted by molar-refractivity contribution is -0.146. The molecule has 1 saturated heterocycles. The highest BCUT2D eigenvalue weighted by Gasteiger charge is 2.10. The maximum Gasteiger partial charge on any atom is 0.0707 e. The second-order valence-corrected chi connectivity index (χ2v) is 3.02. The fourth-order valence-electron chi connectivity index (χ4n) is 1.32. The third-order valence-electron chi connectivity index (χ3n) is 1.98. The zero-order valence-corrected chi connectivity index (χ0v) is 7.92. The van der Waals surface area contributed by atoms with E-state index in [0.717, 1.165) is 39.3 Å². The summed E-state index contributed by atoms with van der Waals surface area (Å²) in [6.45, 7) is 6.67. The van der Waals surface area contributed by atoms with Crippen LogP contribution in [0.15, 0.2) is 0 Å². The van der Waals surface area contributed by atoms with Gasteiger partial charge in [0.15, 0.2) is 0 Å². The minimum Gasteiger partial charge on any atom is -0.382 e. The molecule has 0 N–H and O–H groups in total. The van der Waals surface area contributed by atoms with Crippen molar-refractivity contribution in [1.29, 1.82) is 0 Å². The summed E-state index contributed by atoms with van der Waals surface area (Å²) in [6.07, 6.45) is 3.57. The average molecular weight is 173 g/mol. The zero-order valence-electron chi connectivity index (χ0n) is 7.92. The molecule has 0 spiro atoms. The third-order valence-corrected chi connectivity index (χ3v) is 1.98. The first-order chi connectivity index (χ1) is 5.93. The summed E-state index contributed by atoms with van der Waals surface area (Å²) in [5.41, 5.74) is 0. The van der Waals surface area contributed by atoms with Crippen LogP contribution in [0.4, 0.5) is 0 Å². The van der Waals surface area contributed by atoms with Crippen LogP contribution >= 0.6 is 0 Å². The fraction of sp³-hybridized carbons (Fsp3) is 1.00. The summed E-state index contributed by atoms with van der Waals surface area (Å²) >= 11 is 0. The van der Waals surface area contributed by atoms with Crippen LogP contribution in [0.25, 0.3) is 0 Å². The van der Waals surface area contributed by atoms with Gasteiger partial charge in [0.1, 0.15) is 0 Å². The van der Waals surface area contributed by atoms with Crippen LogP contribution in [0.3, 0.4) is 0 Å². The van der Waals surface area contributed by atoms with Crippen molar-refractivity contribution in [2.24, 2.45) is 0 Å². The predicted molar refractivity (Wildman–Crippen MR) is 47.9 cm³/mol. The zero-order chi connectivity index (χ0) is 8.65. The van der Waals surface area contributed by atoms with Gasteiger partial charge in [-0.1, -0.05) is 0 Å². The van der Waals surface area contributed by atoms with E-state index in [9.17, 15) is 0 Å². The van der Waals surface area contributed by atoms with Gasteiger partial charge < -0.3 is 4.74 Å². The molecule has 0 amide bonds. The monoisotopic (exact) mass is 173 g/mol. The van der Waals surface area contributed by atoms with E-state index < -0.39 is 0 Å². The molecule has 0 radical (unpaired) electrons. The van der Waals surface area contributed by atoms with Crippen LogP contribution in [-0.2, 0) is 9.57 Å². The highest BCUT2D eigenvalue weighted by Crippen LogP contribution is 2.07. The molecule has 0 aromatic carbocycles. The molecular weight excluding hydrogens is 154 g/mol. The number of hydroxylamine groups is 2. The molecular formula is C9H19NO2. The lowest BCUT2D eigenvalue weighted by Crippen LogP contribution is -2.20. The van der Waals surface area contributed by atoms with Crippen LogP contribution in [0, 0.1) is 0 Å². The summed E-state index contributed by atoms with van der Waals surface area (Å²) in [7, 11) is 0. The van der Waals surface area contributed by atoms with Gasteiger partial charge in [0.05, 0.1) is 6.61 Å². The fourth-order valence-corrected chi connectivity index (χ4v) is 1.32. The number of nitrogens with zero attached hydrogens (tertiary/aromatic N) is 1. The van der Waals surface area contributed by atoms with Crippen LogP contribution < -0.4 is 0 Å². The largest absolute Gasteiger partial charge is 0.382 e. The van der Waals surface area contributed by atoms with Crippen LogP contribution in [0.2, 0.25) is 0 Å². The van der Waals surface area contributed by atoms with E-state index in [2.05, 4.69) is 5.06 Å². The van der Waals surface area contributed by atoms with Crippen molar-refractivity contribution in [3.05, 3.63) is 0 Å². The van der Waals surface area contributed by atoms with Crippen molar-refractivity contribution in [1.82, 2.24) is 5.06 Å². The van der Waals surface area contributed by atoms with E-state index in [-0.39, 0.29) is 0 Å². The van der Waals surface area contributed by atoms with Crippen molar-refractivity contribution < 1.29 is 9.57 Å². The van der Waals surface area contributed by atoms with E-state index in [1.54, 1.807) is 0 Å². The topological polar surface area (TPSA) is 21.7 Å². The van der Waals surface area contributed by atoms with Crippen molar-refractivity contribution in [3.8, 4) is 0 Å². The molecule has 0 atom stereocenters. The van der Waals surface area contributed by atoms with Crippen molar-refractivity contribution in [2.75, 3.05) is 32.9 Å². The summed E-state index contributed by atoms with van der Waals surface area (Å²) < 4.78 is 5.20. The maximum atomic E-state index is 5.50. The highest BCUT2D eigenvalue weighted by molar-refractivity contribution is 4.56. The maximum absolute atomic E-state index is 5.50. The van der Waals surface area contributed by atoms with Gasteiger partial charge in [-0.3, -0.25) is 4.84 Å². The molecule has 1 fully saturated rings. The van der Waals surface area contributed by atoms with Crippen molar-refractivity contribution in [3.63, 3.8) is 0 Å². The molecule has 1 aliphatic rings. The van der Waals surface area contributed by atoms with Crippen LogP contribution in [0.5, 0.6) is 0 Å². The Labute approximate surface area is 74.6 Å². The SMILES string of the molecule is CCOCCCON1CCCC1. The van der Waals surface area contributed by atoms with Gasteiger partial charge in [0, 0.05) is 26.3 Å². The average Bonchev–Trinajstić information content (AvgIpc) is 2.57. The Morgan fingerprint density at radius 2 is 1.92 bits per heavy atom. The standard InChI is InChI=1S/C9H19NO2/c1-2-11-8-5-9-12-10-6-3-4-7-10/h2-9H2,1H3. The van der Waals surface area contributed by atoms with Crippen molar-refractivity contribution in [2.45, 2.75) is 26.2 Å². The second-order valence-electron chi connectivity index (χ2n) is 3.02. The van der Waals surface area contributed by atoms with E-state index in [1.165, 1.54) is 12.8 Å². The Hall–Kier alpha value is -0.120. The Morgan fingerprint density at radius 3 is 2.58 bits per heavy atom. The Bertz CT molecular complexity index is 103. The first-order valence-electron chi connectivity index (χ1n) is 4.89. The highest BCUT2D eigenvalue weighted by atomic mass is 16.7. The number of hydrogen-bond acceptors (Lipinski definition) is 3. The first kappa shape index (κ1) is 9.96. The predicted octanol–water partition coefficient (Wildman–Crippen LogP) is 1.44. The third kappa shape index (κ3) is 4.04. The number of rotatable bonds is 6. The smallest absolute Gasteiger partial charge is 0.0707 e. The second kappa shape index (κ2) is 6.40. The number of ether oxygens (including phenoxy) is 1.